The zero-order valence-corrected chi connectivity index (χ0v) is 11.1. The second-order valence-corrected chi connectivity index (χ2v) is 5.14. The number of aryl methyl sites for hydroxylation is 1. The van der Waals surface area contributed by atoms with E-state index in [0.717, 1.165) is 0 Å². The van der Waals surface area contributed by atoms with Crippen LogP contribution in [0.3, 0.4) is 0 Å². The number of benzene rings is 1. The molecule has 1 aromatic rings. The number of carbonyl (C=O) groups excluding carboxylic acids is 1. The standard InChI is InChI=1S/C13H19NOS/c1-9-7-5-6-8-12(9)10(2)14-13(15)11(3)16-4/h5-8,10-11H,1-4H3,(H,14,15). The lowest BCUT2D eigenvalue weighted by Gasteiger charge is -2.18. The van der Waals surface area contributed by atoms with Crippen LogP contribution < -0.4 is 5.32 Å². The highest BCUT2D eigenvalue weighted by atomic mass is 32.2. The van der Waals surface area contributed by atoms with E-state index in [0.29, 0.717) is 0 Å². The first-order valence-electron chi connectivity index (χ1n) is 5.45. The Morgan fingerprint density at radius 1 is 1.31 bits per heavy atom. The molecular formula is C13H19NOS. The van der Waals surface area contributed by atoms with Gasteiger partial charge >= 0.3 is 0 Å². The monoisotopic (exact) mass is 237 g/mol. The van der Waals surface area contributed by atoms with Crippen molar-refractivity contribution in [3.8, 4) is 0 Å². The summed E-state index contributed by atoms with van der Waals surface area (Å²) in [7, 11) is 0. The third-order valence-electron chi connectivity index (χ3n) is 2.74. The smallest absolute Gasteiger partial charge is 0.233 e. The van der Waals surface area contributed by atoms with Crippen molar-refractivity contribution < 1.29 is 4.79 Å². The maximum absolute atomic E-state index is 11.7. The largest absolute Gasteiger partial charge is 0.349 e. The molecule has 2 unspecified atom stereocenters. The minimum Gasteiger partial charge on any atom is -0.349 e. The van der Waals surface area contributed by atoms with Crippen LogP contribution in [0.1, 0.15) is 31.0 Å². The molecule has 0 heterocycles. The van der Waals surface area contributed by atoms with Gasteiger partial charge < -0.3 is 5.32 Å². The van der Waals surface area contributed by atoms with E-state index in [1.807, 2.05) is 32.2 Å². The van der Waals surface area contributed by atoms with E-state index in [4.69, 9.17) is 0 Å². The summed E-state index contributed by atoms with van der Waals surface area (Å²) in [6, 6.07) is 8.21. The second kappa shape index (κ2) is 5.94. The average molecular weight is 237 g/mol. The SMILES string of the molecule is CSC(C)C(=O)NC(C)c1ccccc1C. The minimum absolute atomic E-state index is 0.00599. The topological polar surface area (TPSA) is 29.1 Å². The van der Waals surface area contributed by atoms with Crippen molar-refractivity contribution in [2.24, 2.45) is 0 Å². The van der Waals surface area contributed by atoms with Crippen molar-refractivity contribution in [3.05, 3.63) is 35.4 Å². The van der Waals surface area contributed by atoms with E-state index in [9.17, 15) is 4.79 Å². The number of carbonyl (C=O) groups is 1. The Balaban J connectivity index is 2.69. The lowest BCUT2D eigenvalue weighted by molar-refractivity contribution is -0.120. The summed E-state index contributed by atoms with van der Waals surface area (Å²) in [5.74, 6) is 0.100. The van der Waals surface area contributed by atoms with Gasteiger partial charge in [-0.25, -0.2) is 0 Å². The molecule has 0 radical (unpaired) electrons. The summed E-state index contributed by atoms with van der Waals surface area (Å²) >= 11 is 1.56. The van der Waals surface area contributed by atoms with Crippen LogP contribution in [-0.4, -0.2) is 17.4 Å². The number of thioether (sulfide) groups is 1. The number of hydrogen-bond donors (Lipinski definition) is 1. The second-order valence-electron chi connectivity index (χ2n) is 3.96. The molecule has 0 fully saturated rings. The lowest BCUT2D eigenvalue weighted by atomic mass is 10.0. The highest BCUT2D eigenvalue weighted by Crippen LogP contribution is 2.17. The van der Waals surface area contributed by atoms with Crippen LogP contribution in [0.4, 0.5) is 0 Å². The average Bonchev–Trinajstić information content (AvgIpc) is 2.28. The van der Waals surface area contributed by atoms with Crippen molar-refractivity contribution >= 4 is 17.7 Å². The number of amides is 1. The molecule has 1 aromatic carbocycles. The van der Waals surface area contributed by atoms with E-state index in [2.05, 4.69) is 24.4 Å². The molecule has 3 heteroatoms. The molecule has 2 nitrogen and oxygen atoms in total. The molecule has 0 aliphatic carbocycles. The van der Waals surface area contributed by atoms with Gasteiger partial charge in [-0.15, -0.1) is 0 Å². The van der Waals surface area contributed by atoms with E-state index >= 15 is 0 Å². The quantitative estimate of drug-likeness (QED) is 0.872. The van der Waals surface area contributed by atoms with Gasteiger partial charge in [-0.05, 0) is 38.2 Å². The molecule has 0 aliphatic heterocycles. The molecule has 16 heavy (non-hydrogen) atoms. The maximum atomic E-state index is 11.7. The van der Waals surface area contributed by atoms with Gasteiger partial charge in [0.2, 0.25) is 5.91 Å². The minimum atomic E-state index is 0.00599. The summed E-state index contributed by atoms with van der Waals surface area (Å²) in [6.07, 6.45) is 1.95. The van der Waals surface area contributed by atoms with E-state index in [-0.39, 0.29) is 17.2 Å². The van der Waals surface area contributed by atoms with E-state index < -0.39 is 0 Å². The van der Waals surface area contributed by atoms with Crippen molar-refractivity contribution in [1.82, 2.24) is 5.32 Å². The zero-order valence-electron chi connectivity index (χ0n) is 10.3. The first kappa shape index (κ1) is 13.1. The van der Waals surface area contributed by atoms with Gasteiger partial charge in [0.1, 0.15) is 0 Å². The fourth-order valence-electron chi connectivity index (χ4n) is 1.59. The Morgan fingerprint density at radius 3 is 2.50 bits per heavy atom. The van der Waals surface area contributed by atoms with E-state index in [1.165, 1.54) is 11.1 Å². The Labute approximate surface area is 102 Å². The van der Waals surface area contributed by atoms with Crippen LogP contribution in [0.2, 0.25) is 0 Å². The highest BCUT2D eigenvalue weighted by Gasteiger charge is 2.15. The van der Waals surface area contributed by atoms with Gasteiger partial charge in [0, 0.05) is 0 Å². The number of rotatable bonds is 4. The molecule has 0 saturated carbocycles. The molecule has 0 aromatic heterocycles. The number of nitrogens with one attached hydrogen (secondary N) is 1. The molecule has 88 valence electrons. The molecule has 0 saturated heterocycles. The normalized spacial score (nSPS) is 14.2. The molecular weight excluding hydrogens is 218 g/mol. The van der Waals surface area contributed by atoms with Gasteiger partial charge in [-0.3, -0.25) is 4.79 Å². The lowest BCUT2D eigenvalue weighted by Crippen LogP contribution is -2.33. The Hall–Kier alpha value is -0.960. The Bertz CT molecular complexity index is 365. The van der Waals surface area contributed by atoms with Crippen molar-refractivity contribution in [1.29, 1.82) is 0 Å². The van der Waals surface area contributed by atoms with Gasteiger partial charge in [0.15, 0.2) is 0 Å². The number of hydrogen-bond acceptors (Lipinski definition) is 2. The fraction of sp³-hybridized carbons (Fsp3) is 0.462. The highest BCUT2D eigenvalue weighted by molar-refractivity contribution is 7.99. The first-order valence-corrected chi connectivity index (χ1v) is 6.73. The molecule has 2 atom stereocenters. The Morgan fingerprint density at radius 2 is 1.94 bits per heavy atom. The maximum Gasteiger partial charge on any atom is 0.233 e. The summed E-state index contributed by atoms with van der Waals surface area (Å²) in [5, 5.41) is 3.03. The molecule has 0 aliphatic rings. The molecule has 0 spiro atoms. The van der Waals surface area contributed by atoms with E-state index in [1.54, 1.807) is 11.8 Å². The van der Waals surface area contributed by atoms with Gasteiger partial charge in [-0.1, -0.05) is 24.3 Å². The van der Waals surface area contributed by atoms with Crippen molar-refractivity contribution in [3.63, 3.8) is 0 Å². The third-order valence-corrected chi connectivity index (χ3v) is 3.66. The van der Waals surface area contributed by atoms with Gasteiger partial charge in [0.25, 0.3) is 0 Å². The van der Waals surface area contributed by atoms with Crippen LogP contribution in [0.5, 0.6) is 0 Å². The van der Waals surface area contributed by atoms with Crippen LogP contribution in [0.15, 0.2) is 24.3 Å². The Kier molecular flexibility index (Phi) is 4.87. The summed E-state index contributed by atoms with van der Waals surface area (Å²) in [6.45, 7) is 6.01. The third kappa shape index (κ3) is 3.27. The summed E-state index contributed by atoms with van der Waals surface area (Å²) in [5.41, 5.74) is 2.40. The summed E-state index contributed by atoms with van der Waals surface area (Å²) in [4.78, 5) is 11.7. The van der Waals surface area contributed by atoms with Crippen molar-refractivity contribution in [2.45, 2.75) is 32.1 Å². The zero-order chi connectivity index (χ0) is 12.1. The first-order chi connectivity index (χ1) is 7.56. The molecule has 1 N–H and O–H groups in total. The van der Waals surface area contributed by atoms with Gasteiger partial charge in [-0.2, -0.15) is 11.8 Å². The molecule has 1 rings (SSSR count). The van der Waals surface area contributed by atoms with Gasteiger partial charge in [0.05, 0.1) is 11.3 Å². The fourth-order valence-corrected chi connectivity index (χ4v) is 1.87. The predicted molar refractivity (Wildman–Crippen MR) is 70.7 cm³/mol. The van der Waals surface area contributed by atoms with Crippen LogP contribution in [0, 0.1) is 6.92 Å². The van der Waals surface area contributed by atoms with Crippen LogP contribution in [-0.2, 0) is 4.79 Å². The summed E-state index contributed by atoms with van der Waals surface area (Å²) < 4.78 is 0. The predicted octanol–water partition coefficient (Wildman–Crippen LogP) is 2.92. The van der Waals surface area contributed by atoms with Crippen molar-refractivity contribution in [2.75, 3.05) is 6.26 Å². The molecule has 0 bridgehead atoms. The van der Waals surface area contributed by atoms with Crippen LogP contribution in [0.25, 0.3) is 0 Å². The van der Waals surface area contributed by atoms with Crippen LogP contribution >= 0.6 is 11.8 Å². The molecule has 1 amide bonds.